The van der Waals surface area contributed by atoms with Crippen molar-refractivity contribution in [3.8, 4) is 5.75 Å². The summed E-state index contributed by atoms with van der Waals surface area (Å²) in [4.78, 5) is 0. The van der Waals surface area contributed by atoms with Crippen molar-refractivity contribution < 1.29 is 9.47 Å². The predicted octanol–water partition coefficient (Wildman–Crippen LogP) is 2.05. The van der Waals surface area contributed by atoms with Crippen LogP contribution in [-0.4, -0.2) is 19.8 Å². The van der Waals surface area contributed by atoms with Crippen molar-refractivity contribution in [1.82, 2.24) is 0 Å². The Hall–Kier alpha value is -1.06. The van der Waals surface area contributed by atoms with Gasteiger partial charge in [0.2, 0.25) is 0 Å². The van der Waals surface area contributed by atoms with E-state index in [0.717, 1.165) is 31.8 Å². The van der Waals surface area contributed by atoms with E-state index in [2.05, 4.69) is 19.1 Å². The molecule has 2 aliphatic rings. The first-order valence-corrected chi connectivity index (χ1v) is 6.20. The molecule has 0 radical (unpaired) electrons. The second-order valence-corrected chi connectivity index (χ2v) is 5.78. The molecular formula is C14H19NO2. The molecule has 3 rings (SSSR count). The van der Waals surface area contributed by atoms with Gasteiger partial charge in [-0.05, 0) is 30.5 Å². The zero-order valence-corrected chi connectivity index (χ0v) is 10.2. The minimum Gasteiger partial charge on any atom is -0.493 e. The summed E-state index contributed by atoms with van der Waals surface area (Å²) in [6, 6.07) is 8.19. The smallest absolute Gasteiger partial charge is 0.119 e. The minimum atomic E-state index is -0.0805. The summed E-state index contributed by atoms with van der Waals surface area (Å²) in [5, 5.41) is 0. The van der Waals surface area contributed by atoms with Crippen molar-refractivity contribution in [1.29, 1.82) is 0 Å². The first-order valence-electron chi connectivity index (χ1n) is 6.20. The van der Waals surface area contributed by atoms with Gasteiger partial charge in [0.05, 0.1) is 19.8 Å². The highest BCUT2D eigenvalue weighted by Crippen LogP contribution is 2.43. The summed E-state index contributed by atoms with van der Waals surface area (Å²) >= 11 is 0. The number of hydrogen-bond donors (Lipinski definition) is 1. The predicted molar refractivity (Wildman–Crippen MR) is 66.0 cm³/mol. The number of nitrogens with two attached hydrogens (primary N) is 1. The summed E-state index contributed by atoms with van der Waals surface area (Å²) in [7, 11) is 0. The third kappa shape index (κ3) is 2.17. The summed E-state index contributed by atoms with van der Waals surface area (Å²) < 4.78 is 11.1. The van der Waals surface area contributed by atoms with E-state index in [4.69, 9.17) is 15.2 Å². The van der Waals surface area contributed by atoms with Crippen molar-refractivity contribution >= 4 is 0 Å². The van der Waals surface area contributed by atoms with Gasteiger partial charge in [0, 0.05) is 11.0 Å². The second kappa shape index (κ2) is 3.72. The molecule has 1 saturated heterocycles. The van der Waals surface area contributed by atoms with Gasteiger partial charge in [-0.25, -0.2) is 0 Å². The third-order valence-electron chi connectivity index (χ3n) is 3.69. The van der Waals surface area contributed by atoms with Gasteiger partial charge in [-0.2, -0.15) is 0 Å². The van der Waals surface area contributed by atoms with Gasteiger partial charge in [0.25, 0.3) is 0 Å². The maximum Gasteiger partial charge on any atom is 0.119 e. The van der Waals surface area contributed by atoms with E-state index in [9.17, 15) is 0 Å². The van der Waals surface area contributed by atoms with E-state index >= 15 is 0 Å². The van der Waals surface area contributed by atoms with Crippen molar-refractivity contribution in [2.75, 3.05) is 19.8 Å². The van der Waals surface area contributed by atoms with Crippen molar-refractivity contribution in [2.45, 2.75) is 25.3 Å². The molecule has 2 fully saturated rings. The molecule has 3 nitrogen and oxygen atoms in total. The van der Waals surface area contributed by atoms with Crippen LogP contribution in [0, 0.1) is 5.41 Å². The van der Waals surface area contributed by atoms with E-state index in [-0.39, 0.29) is 11.0 Å². The van der Waals surface area contributed by atoms with Gasteiger partial charge in [-0.3, -0.25) is 0 Å². The quantitative estimate of drug-likeness (QED) is 0.865. The van der Waals surface area contributed by atoms with E-state index in [1.807, 2.05) is 12.1 Å². The van der Waals surface area contributed by atoms with Crippen LogP contribution < -0.4 is 10.5 Å². The van der Waals surface area contributed by atoms with Crippen LogP contribution in [0.4, 0.5) is 0 Å². The van der Waals surface area contributed by atoms with Crippen LogP contribution >= 0.6 is 0 Å². The molecule has 0 bridgehead atoms. The molecular weight excluding hydrogens is 214 g/mol. The molecule has 2 N–H and O–H groups in total. The van der Waals surface area contributed by atoms with Crippen LogP contribution in [-0.2, 0) is 10.3 Å². The van der Waals surface area contributed by atoms with Crippen LogP contribution in [0.25, 0.3) is 0 Å². The Labute approximate surface area is 102 Å². The van der Waals surface area contributed by atoms with E-state index in [1.165, 1.54) is 5.56 Å². The lowest BCUT2D eigenvalue weighted by Crippen LogP contribution is -2.44. The van der Waals surface area contributed by atoms with E-state index < -0.39 is 0 Å². The van der Waals surface area contributed by atoms with E-state index in [1.54, 1.807) is 0 Å². The zero-order valence-electron chi connectivity index (χ0n) is 10.2. The molecule has 0 atom stereocenters. The summed E-state index contributed by atoms with van der Waals surface area (Å²) in [6.45, 7) is 4.50. The lowest BCUT2D eigenvalue weighted by molar-refractivity contribution is -0.120. The number of benzene rings is 1. The van der Waals surface area contributed by atoms with E-state index in [0.29, 0.717) is 6.61 Å². The second-order valence-electron chi connectivity index (χ2n) is 5.78. The molecule has 1 aromatic rings. The SMILES string of the molecule is CC1(COc2cccc(C3(N)CC3)c2)COC1. The fourth-order valence-electron chi connectivity index (χ4n) is 2.11. The van der Waals surface area contributed by atoms with Gasteiger partial charge >= 0.3 is 0 Å². The Kier molecular flexibility index (Phi) is 2.42. The lowest BCUT2D eigenvalue weighted by Gasteiger charge is -2.37. The third-order valence-corrected chi connectivity index (χ3v) is 3.69. The molecule has 17 heavy (non-hydrogen) atoms. The molecule has 1 heterocycles. The highest BCUT2D eigenvalue weighted by molar-refractivity contribution is 5.36. The fourth-order valence-corrected chi connectivity index (χ4v) is 2.11. The average Bonchev–Trinajstić information content (AvgIpc) is 3.04. The van der Waals surface area contributed by atoms with Crippen LogP contribution in [0.3, 0.4) is 0 Å². The number of ether oxygens (including phenoxy) is 2. The van der Waals surface area contributed by atoms with Crippen LogP contribution in [0.1, 0.15) is 25.3 Å². The maximum atomic E-state index is 6.18. The maximum absolute atomic E-state index is 6.18. The Balaban J connectivity index is 1.66. The molecule has 0 unspecified atom stereocenters. The van der Waals surface area contributed by atoms with Crippen LogP contribution in [0.5, 0.6) is 5.75 Å². The Morgan fingerprint density at radius 1 is 1.35 bits per heavy atom. The van der Waals surface area contributed by atoms with Crippen LogP contribution in [0.15, 0.2) is 24.3 Å². The molecule has 3 heteroatoms. The highest BCUT2D eigenvalue weighted by Gasteiger charge is 2.40. The first-order chi connectivity index (χ1) is 8.10. The Morgan fingerprint density at radius 2 is 2.12 bits per heavy atom. The molecule has 1 aliphatic heterocycles. The van der Waals surface area contributed by atoms with Crippen molar-refractivity contribution in [3.63, 3.8) is 0 Å². The fraction of sp³-hybridized carbons (Fsp3) is 0.571. The number of rotatable bonds is 4. The van der Waals surface area contributed by atoms with Gasteiger partial charge in [-0.15, -0.1) is 0 Å². The number of hydrogen-bond acceptors (Lipinski definition) is 3. The molecule has 1 aliphatic carbocycles. The highest BCUT2D eigenvalue weighted by atomic mass is 16.5. The normalized spacial score (nSPS) is 23.9. The standard InChI is InChI=1S/C14H19NO2/c1-13(8-16-9-13)10-17-12-4-2-3-11(7-12)14(15)5-6-14/h2-4,7H,5-6,8-10,15H2,1H3. The molecule has 0 amide bonds. The van der Waals surface area contributed by atoms with Gasteiger partial charge in [0.1, 0.15) is 5.75 Å². The average molecular weight is 233 g/mol. The molecule has 1 aromatic carbocycles. The lowest BCUT2D eigenvalue weighted by atomic mass is 9.90. The molecule has 1 saturated carbocycles. The zero-order chi connectivity index (χ0) is 11.9. The Bertz CT molecular complexity index is 422. The van der Waals surface area contributed by atoms with Crippen molar-refractivity contribution in [2.24, 2.45) is 11.1 Å². The van der Waals surface area contributed by atoms with Gasteiger partial charge in [0.15, 0.2) is 0 Å². The van der Waals surface area contributed by atoms with Crippen molar-refractivity contribution in [3.05, 3.63) is 29.8 Å². The summed E-state index contributed by atoms with van der Waals surface area (Å²) in [5.74, 6) is 0.923. The largest absolute Gasteiger partial charge is 0.493 e. The monoisotopic (exact) mass is 233 g/mol. The molecule has 0 aromatic heterocycles. The molecule has 0 spiro atoms. The van der Waals surface area contributed by atoms with Crippen LogP contribution in [0.2, 0.25) is 0 Å². The first kappa shape index (κ1) is 11.1. The summed E-state index contributed by atoms with van der Waals surface area (Å²) in [6.07, 6.45) is 2.17. The van der Waals surface area contributed by atoms with Gasteiger partial charge < -0.3 is 15.2 Å². The topological polar surface area (TPSA) is 44.5 Å². The summed E-state index contributed by atoms with van der Waals surface area (Å²) in [5.41, 5.74) is 7.49. The molecule has 92 valence electrons. The van der Waals surface area contributed by atoms with Gasteiger partial charge in [-0.1, -0.05) is 19.1 Å². The minimum absolute atomic E-state index is 0.0805. The Morgan fingerprint density at radius 3 is 2.71 bits per heavy atom.